The van der Waals surface area contributed by atoms with Gasteiger partial charge in [0.05, 0.1) is 0 Å². The minimum Gasteiger partial charge on any atom is -0.356 e. The number of hydrogen-bond donors (Lipinski definition) is 2. The van der Waals surface area contributed by atoms with E-state index in [1.807, 2.05) is 18.4 Å². The average Bonchev–Trinajstić information content (AvgIpc) is 3.01. The smallest absolute Gasteiger partial charge is 0.190 e. The number of piperidine rings is 1. The minimum atomic E-state index is 0. The molecule has 1 saturated carbocycles. The van der Waals surface area contributed by atoms with E-state index < -0.39 is 0 Å². The molecule has 3 rings (SSSR count). The van der Waals surface area contributed by atoms with Gasteiger partial charge in [-0.1, -0.05) is 13.0 Å². The molecule has 6 heteroatoms. The molecule has 1 saturated heterocycles. The summed E-state index contributed by atoms with van der Waals surface area (Å²) in [5.74, 6) is 3.33. The summed E-state index contributed by atoms with van der Waals surface area (Å²) in [6, 6.07) is 4.99. The van der Waals surface area contributed by atoms with Crippen molar-refractivity contribution < 1.29 is 0 Å². The van der Waals surface area contributed by atoms with Gasteiger partial charge in [0.1, 0.15) is 0 Å². The zero-order chi connectivity index (χ0) is 16.2. The zero-order valence-corrected chi connectivity index (χ0v) is 18.1. The number of guanidine groups is 1. The van der Waals surface area contributed by atoms with Crippen LogP contribution in [0.2, 0.25) is 0 Å². The van der Waals surface area contributed by atoms with Gasteiger partial charge in [-0.05, 0) is 62.1 Å². The molecule has 24 heavy (non-hydrogen) atoms. The molecule has 2 N–H and O–H groups in total. The third-order valence-corrected chi connectivity index (χ3v) is 6.35. The predicted octanol–water partition coefficient (Wildman–Crippen LogP) is 3.57. The maximum atomic E-state index is 4.39. The molecule has 1 aromatic heterocycles. The number of likely N-dealkylation sites (tertiary alicyclic amines) is 1. The highest BCUT2D eigenvalue weighted by atomic mass is 127. The summed E-state index contributed by atoms with van der Waals surface area (Å²) < 4.78 is 0. The molecule has 2 heterocycles. The van der Waals surface area contributed by atoms with Gasteiger partial charge in [0, 0.05) is 31.1 Å². The SMILES string of the molecule is CN=C(NCC1CC1C)NCC1CCCN(C)C1c1cccs1.I. The van der Waals surface area contributed by atoms with Gasteiger partial charge in [0.2, 0.25) is 0 Å². The molecule has 4 nitrogen and oxygen atoms in total. The summed E-state index contributed by atoms with van der Waals surface area (Å²) in [6.07, 6.45) is 3.94. The maximum Gasteiger partial charge on any atom is 0.190 e. The largest absolute Gasteiger partial charge is 0.356 e. The molecule has 0 aromatic carbocycles. The normalized spacial score (nSPS) is 30.5. The van der Waals surface area contributed by atoms with Crippen molar-refractivity contribution in [2.75, 3.05) is 33.7 Å². The maximum absolute atomic E-state index is 4.39. The molecule has 0 amide bonds. The fourth-order valence-corrected chi connectivity index (χ4v) is 4.73. The molecule has 4 unspecified atom stereocenters. The lowest BCUT2D eigenvalue weighted by atomic mass is 9.88. The number of aliphatic imine (C=N–C) groups is 1. The Morgan fingerprint density at radius 1 is 1.33 bits per heavy atom. The Kier molecular flexibility index (Phi) is 7.81. The number of nitrogens with zero attached hydrogens (tertiary/aromatic N) is 2. The van der Waals surface area contributed by atoms with Gasteiger partial charge in [-0.2, -0.15) is 0 Å². The first-order chi connectivity index (χ1) is 11.2. The van der Waals surface area contributed by atoms with Crippen molar-refractivity contribution in [3.63, 3.8) is 0 Å². The number of hydrogen-bond acceptors (Lipinski definition) is 3. The second-order valence-electron chi connectivity index (χ2n) is 7.15. The first-order valence-corrected chi connectivity index (χ1v) is 9.75. The van der Waals surface area contributed by atoms with E-state index >= 15 is 0 Å². The Morgan fingerprint density at radius 3 is 2.62 bits per heavy atom. The average molecular weight is 462 g/mol. The third kappa shape index (κ3) is 5.08. The fraction of sp³-hybridized carbons (Fsp3) is 0.722. The van der Waals surface area contributed by atoms with Crippen LogP contribution >= 0.6 is 35.3 Å². The third-order valence-electron chi connectivity index (χ3n) is 5.40. The van der Waals surface area contributed by atoms with Crippen molar-refractivity contribution >= 4 is 41.3 Å². The van der Waals surface area contributed by atoms with Gasteiger partial charge < -0.3 is 10.6 Å². The lowest BCUT2D eigenvalue weighted by Gasteiger charge is -2.39. The van der Waals surface area contributed by atoms with Gasteiger partial charge in [0.25, 0.3) is 0 Å². The molecule has 2 fully saturated rings. The molecule has 1 aromatic rings. The van der Waals surface area contributed by atoms with E-state index in [1.165, 1.54) is 30.7 Å². The fourth-order valence-electron chi connectivity index (χ4n) is 3.74. The first-order valence-electron chi connectivity index (χ1n) is 8.87. The van der Waals surface area contributed by atoms with Gasteiger partial charge in [0.15, 0.2) is 5.96 Å². The van der Waals surface area contributed by atoms with Gasteiger partial charge in [-0.3, -0.25) is 9.89 Å². The van der Waals surface area contributed by atoms with Crippen LogP contribution < -0.4 is 10.6 Å². The molecule has 0 radical (unpaired) electrons. The summed E-state index contributed by atoms with van der Waals surface area (Å²) in [5.41, 5.74) is 0. The zero-order valence-electron chi connectivity index (χ0n) is 15.0. The van der Waals surface area contributed by atoms with Crippen LogP contribution in [0.3, 0.4) is 0 Å². The molecule has 0 bridgehead atoms. The Hall–Kier alpha value is -0.340. The first kappa shape index (κ1) is 20.0. The van der Waals surface area contributed by atoms with Crippen LogP contribution in [0.1, 0.15) is 37.1 Å². The summed E-state index contributed by atoms with van der Waals surface area (Å²) >= 11 is 1.88. The number of rotatable bonds is 5. The summed E-state index contributed by atoms with van der Waals surface area (Å²) in [5, 5.41) is 9.25. The van der Waals surface area contributed by atoms with Gasteiger partial charge in [-0.25, -0.2) is 0 Å². The monoisotopic (exact) mass is 462 g/mol. The van der Waals surface area contributed by atoms with Crippen LogP contribution in [0.5, 0.6) is 0 Å². The van der Waals surface area contributed by atoms with Crippen molar-refractivity contribution in [3.8, 4) is 0 Å². The highest BCUT2D eigenvalue weighted by Gasteiger charge is 2.33. The topological polar surface area (TPSA) is 39.7 Å². The molecule has 2 aliphatic rings. The quantitative estimate of drug-likeness (QED) is 0.399. The Balaban J connectivity index is 0.00000208. The summed E-state index contributed by atoms with van der Waals surface area (Å²) in [7, 11) is 4.13. The van der Waals surface area contributed by atoms with E-state index in [-0.39, 0.29) is 24.0 Å². The highest BCUT2D eigenvalue weighted by Crippen LogP contribution is 2.37. The summed E-state index contributed by atoms with van der Waals surface area (Å²) in [6.45, 7) is 5.57. The number of thiophene rings is 1. The second kappa shape index (κ2) is 9.38. The molecule has 1 aliphatic carbocycles. The van der Waals surface area contributed by atoms with Crippen LogP contribution in [-0.4, -0.2) is 44.6 Å². The van der Waals surface area contributed by atoms with Crippen molar-refractivity contribution in [2.24, 2.45) is 22.7 Å². The number of nitrogens with one attached hydrogen (secondary N) is 2. The van der Waals surface area contributed by atoms with E-state index in [0.29, 0.717) is 12.0 Å². The van der Waals surface area contributed by atoms with Crippen molar-refractivity contribution in [1.82, 2.24) is 15.5 Å². The van der Waals surface area contributed by atoms with Crippen LogP contribution in [-0.2, 0) is 0 Å². The summed E-state index contributed by atoms with van der Waals surface area (Å²) in [4.78, 5) is 8.40. The van der Waals surface area contributed by atoms with E-state index in [0.717, 1.165) is 30.9 Å². The van der Waals surface area contributed by atoms with Gasteiger partial charge in [-0.15, -0.1) is 35.3 Å². The lowest BCUT2D eigenvalue weighted by Crippen LogP contribution is -2.45. The van der Waals surface area contributed by atoms with Gasteiger partial charge >= 0.3 is 0 Å². The van der Waals surface area contributed by atoms with Crippen LogP contribution in [0.25, 0.3) is 0 Å². The second-order valence-corrected chi connectivity index (χ2v) is 8.13. The van der Waals surface area contributed by atoms with E-state index in [4.69, 9.17) is 0 Å². The molecule has 1 aliphatic heterocycles. The Labute approximate surface area is 167 Å². The van der Waals surface area contributed by atoms with Crippen LogP contribution in [0.4, 0.5) is 0 Å². The lowest BCUT2D eigenvalue weighted by molar-refractivity contribution is 0.125. The van der Waals surface area contributed by atoms with Crippen molar-refractivity contribution in [3.05, 3.63) is 22.4 Å². The van der Waals surface area contributed by atoms with E-state index in [9.17, 15) is 0 Å². The van der Waals surface area contributed by atoms with Crippen molar-refractivity contribution in [2.45, 2.75) is 32.2 Å². The van der Waals surface area contributed by atoms with Crippen LogP contribution in [0.15, 0.2) is 22.5 Å². The minimum absolute atomic E-state index is 0. The predicted molar refractivity (Wildman–Crippen MR) is 114 cm³/mol. The molecule has 4 atom stereocenters. The van der Waals surface area contributed by atoms with E-state index in [2.05, 4.69) is 52.0 Å². The Bertz CT molecular complexity index is 519. The van der Waals surface area contributed by atoms with E-state index in [1.54, 1.807) is 0 Å². The molecular formula is C18H31IN4S. The highest BCUT2D eigenvalue weighted by molar-refractivity contribution is 14.0. The molecule has 136 valence electrons. The van der Waals surface area contributed by atoms with Crippen molar-refractivity contribution in [1.29, 1.82) is 0 Å². The molecular weight excluding hydrogens is 431 g/mol. The molecule has 0 spiro atoms. The Morgan fingerprint density at radius 2 is 2.04 bits per heavy atom. The standard InChI is InChI=1S/C18H30N4S.HI/c1-13-10-15(13)12-21-18(19-2)20-11-14-6-4-8-22(3)17(14)16-7-5-9-23-16;/h5,7,9,13-15,17H,4,6,8,10-12H2,1-3H3,(H2,19,20,21);1H. The number of halogens is 1. The van der Waals surface area contributed by atoms with Crippen LogP contribution in [0, 0.1) is 17.8 Å².